The van der Waals surface area contributed by atoms with Crippen molar-refractivity contribution in [2.75, 3.05) is 44.4 Å². The summed E-state index contributed by atoms with van der Waals surface area (Å²) in [6.45, 7) is 5.12. The zero-order valence-electron chi connectivity index (χ0n) is 15.6. The fourth-order valence-electron chi connectivity index (χ4n) is 3.32. The molecule has 0 amide bonds. The number of rotatable bonds is 5. The first-order valence-corrected chi connectivity index (χ1v) is 8.83. The first-order valence-electron chi connectivity index (χ1n) is 8.83. The smallest absolute Gasteiger partial charge is 0.132 e. The highest BCUT2D eigenvalue weighted by atomic mass is 16.5. The number of aromatic nitrogens is 2. The summed E-state index contributed by atoms with van der Waals surface area (Å²) in [5.41, 5.74) is 8.04. The summed E-state index contributed by atoms with van der Waals surface area (Å²) >= 11 is 0. The normalized spacial score (nSPS) is 18.0. The largest absolute Gasteiger partial charge is 0.497 e. The molecular formula is C19H26N6O. The van der Waals surface area contributed by atoms with Gasteiger partial charge in [0.15, 0.2) is 0 Å². The molecule has 1 saturated heterocycles. The second-order valence-corrected chi connectivity index (χ2v) is 6.61. The van der Waals surface area contributed by atoms with Gasteiger partial charge in [-0.3, -0.25) is 5.41 Å². The molecule has 3 N–H and O–H groups in total. The van der Waals surface area contributed by atoms with Crippen molar-refractivity contribution >= 4 is 17.2 Å². The van der Waals surface area contributed by atoms with Crippen LogP contribution in [0.5, 0.6) is 5.75 Å². The molecule has 1 aromatic heterocycles. The van der Waals surface area contributed by atoms with Gasteiger partial charge < -0.3 is 20.3 Å². The first kappa shape index (κ1) is 18.1. The number of ether oxygens (including phenoxy) is 1. The van der Waals surface area contributed by atoms with Crippen molar-refractivity contribution in [3.8, 4) is 5.75 Å². The van der Waals surface area contributed by atoms with Gasteiger partial charge >= 0.3 is 0 Å². The van der Waals surface area contributed by atoms with Crippen LogP contribution in [0.3, 0.4) is 0 Å². The number of methoxy groups -OCH3 is 1. The van der Waals surface area contributed by atoms with Gasteiger partial charge in [-0.15, -0.1) is 0 Å². The molecule has 1 atom stereocenters. The number of likely N-dealkylation sites (N-methyl/N-ethyl adjacent to an activating group) is 1. The lowest BCUT2D eigenvalue weighted by atomic mass is 10.0. The number of benzene rings is 1. The lowest BCUT2D eigenvalue weighted by Crippen LogP contribution is -2.52. The van der Waals surface area contributed by atoms with E-state index in [1.165, 1.54) is 6.33 Å². The van der Waals surface area contributed by atoms with Gasteiger partial charge in [0.2, 0.25) is 0 Å². The van der Waals surface area contributed by atoms with Crippen LogP contribution in [-0.4, -0.2) is 60.4 Å². The Labute approximate surface area is 154 Å². The summed E-state index contributed by atoms with van der Waals surface area (Å²) in [7, 11) is 3.74. The molecular weight excluding hydrogens is 328 g/mol. The molecule has 1 aromatic carbocycles. The van der Waals surface area contributed by atoms with E-state index in [4.69, 9.17) is 15.9 Å². The fourth-order valence-corrected chi connectivity index (χ4v) is 3.32. The van der Waals surface area contributed by atoms with Gasteiger partial charge in [-0.2, -0.15) is 0 Å². The Bertz CT molecular complexity index is 793. The van der Waals surface area contributed by atoms with Crippen molar-refractivity contribution in [1.29, 1.82) is 5.41 Å². The van der Waals surface area contributed by atoms with Crippen molar-refractivity contribution in [2.45, 2.75) is 19.4 Å². The minimum atomic E-state index is 0.271. The van der Waals surface area contributed by atoms with Crippen molar-refractivity contribution in [3.63, 3.8) is 0 Å². The Balaban J connectivity index is 1.91. The van der Waals surface area contributed by atoms with Gasteiger partial charge in [0, 0.05) is 43.0 Å². The molecule has 7 heteroatoms. The van der Waals surface area contributed by atoms with E-state index in [0.717, 1.165) is 31.9 Å². The number of anilines is 2. The summed E-state index contributed by atoms with van der Waals surface area (Å²) in [6.07, 6.45) is 2.57. The van der Waals surface area contributed by atoms with E-state index in [0.29, 0.717) is 28.7 Å². The third-order valence-electron chi connectivity index (χ3n) is 4.89. The molecule has 7 nitrogen and oxygen atoms in total. The van der Waals surface area contributed by atoms with E-state index in [-0.39, 0.29) is 5.71 Å². The quantitative estimate of drug-likeness (QED) is 0.630. The molecule has 2 aromatic rings. The Morgan fingerprint density at radius 1 is 1.31 bits per heavy atom. The molecule has 0 bridgehead atoms. The Kier molecular flexibility index (Phi) is 5.37. The van der Waals surface area contributed by atoms with E-state index in [9.17, 15) is 0 Å². The highest BCUT2D eigenvalue weighted by molar-refractivity contribution is 6.13. The summed E-state index contributed by atoms with van der Waals surface area (Å²) in [6, 6.07) is 7.60. The molecule has 1 aliphatic rings. The van der Waals surface area contributed by atoms with Crippen LogP contribution in [0.4, 0.5) is 11.5 Å². The van der Waals surface area contributed by atoms with Crippen LogP contribution in [0.2, 0.25) is 0 Å². The third kappa shape index (κ3) is 3.62. The maximum Gasteiger partial charge on any atom is 0.132 e. The zero-order chi connectivity index (χ0) is 18.7. The number of nitrogens with zero attached hydrogens (tertiary/aromatic N) is 4. The third-order valence-corrected chi connectivity index (χ3v) is 4.89. The molecule has 1 aliphatic heterocycles. The summed E-state index contributed by atoms with van der Waals surface area (Å²) < 4.78 is 5.26. The van der Waals surface area contributed by atoms with Gasteiger partial charge in [0.25, 0.3) is 0 Å². The molecule has 2 heterocycles. The molecule has 0 aliphatic carbocycles. The van der Waals surface area contributed by atoms with Gasteiger partial charge in [-0.1, -0.05) is 6.92 Å². The van der Waals surface area contributed by atoms with Crippen LogP contribution >= 0.6 is 0 Å². The monoisotopic (exact) mass is 354 g/mol. The van der Waals surface area contributed by atoms with Crippen LogP contribution in [0.15, 0.2) is 30.6 Å². The molecule has 0 spiro atoms. The van der Waals surface area contributed by atoms with Crippen molar-refractivity contribution in [2.24, 2.45) is 0 Å². The average molecular weight is 354 g/mol. The molecule has 138 valence electrons. The molecule has 1 fully saturated rings. The Morgan fingerprint density at radius 3 is 2.85 bits per heavy atom. The SMILES string of the molecule is CC[C@H]1CN(C)CCN1c1cc(C(=N)c2cc(OC)ccc2N)ncn1. The highest BCUT2D eigenvalue weighted by Crippen LogP contribution is 2.24. The standard InChI is InChI=1S/C19H26N6O/c1-4-13-11-24(2)7-8-25(13)18-10-17(22-12-23-18)19(21)15-9-14(26-3)5-6-16(15)20/h5-6,9-10,12-13,21H,4,7-8,11,20H2,1-3H3/t13-/m0/s1. The number of hydrogen-bond acceptors (Lipinski definition) is 7. The lowest BCUT2D eigenvalue weighted by molar-refractivity contribution is 0.263. The van der Waals surface area contributed by atoms with Crippen LogP contribution in [0, 0.1) is 5.41 Å². The topological polar surface area (TPSA) is 91.4 Å². The van der Waals surface area contributed by atoms with Gasteiger partial charge in [-0.05, 0) is 31.7 Å². The second-order valence-electron chi connectivity index (χ2n) is 6.61. The van der Waals surface area contributed by atoms with Crippen LogP contribution in [0.25, 0.3) is 0 Å². The average Bonchev–Trinajstić information content (AvgIpc) is 2.67. The Hall–Kier alpha value is -2.67. The maximum atomic E-state index is 8.57. The number of nitrogen functional groups attached to an aromatic ring is 1. The summed E-state index contributed by atoms with van der Waals surface area (Å²) in [5.74, 6) is 1.53. The van der Waals surface area contributed by atoms with Gasteiger partial charge in [0.1, 0.15) is 17.9 Å². The highest BCUT2D eigenvalue weighted by Gasteiger charge is 2.25. The van der Waals surface area contributed by atoms with E-state index in [1.54, 1.807) is 25.3 Å². The summed E-state index contributed by atoms with van der Waals surface area (Å²) in [5, 5.41) is 8.57. The van der Waals surface area contributed by atoms with Crippen LogP contribution in [-0.2, 0) is 0 Å². The van der Waals surface area contributed by atoms with Crippen LogP contribution < -0.4 is 15.4 Å². The van der Waals surface area contributed by atoms with E-state index >= 15 is 0 Å². The lowest BCUT2D eigenvalue weighted by Gasteiger charge is -2.40. The summed E-state index contributed by atoms with van der Waals surface area (Å²) in [4.78, 5) is 13.4. The van der Waals surface area contributed by atoms with Crippen LogP contribution in [0.1, 0.15) is 24.6 Å². The van der Waals surface area contributed by atoms with Crippen molar-refractivity contribution in [3.05, 3.63) is 41.9 Å². The first-order chi connectivity index (χ1) is 12.5. The van der Waals surface area contributed by atoms with Crippen molar-refractivity contribution in [1.82, 2.24) is 14.9 Å². The number of piperazine rings is 1. The number of nitrogens with two attached hydrogens (primary N) is 1. The molecule has 0 radical (unpaired) electrons. The maximum absolute atomic E-state index is 8.57. The number of hydrogen-bond donors (Lipinski definition) is 2. The zero-order valence-corrected chi connectivity index (χ0v) is 15.6. The van der Waals surface area contributed by atoms with E-state index in [2.05, 4.69) is 33.7 Å². The van der Waals surface area contributed by atoms with Crippen molar-refractivity contribution < 1.29 is 4.74 Å². The van der Waals surface area contributed by atoms with Gasteiger partial charge in [-0.25, -0.2) is 9.97 Å². The molecule has 3 rings (SSSR count). The minimum absolute atomic E-state index is 0.271. The number of nitrogens with one attached hydrogen (secondary N) is 1. The Morgan fingerprint density at radius 2 is 2.12 bits per heavy atom. The molecule has 0 unspecified atom stereocenters. The molecule has 26 heavy (non-hydrogen) atoms. The minimum Gasteiger partial charge on any atom is -0.497 e. The predicted molar refractivity (Wildman–Crippen MR) is 104 cm³/mol. The van der Waals surface area contributed by atoms with E-state index < -0.39 is 0 Å². The molecule has 0 saturated carbocycles. The fraction of sp³-hybridized carbons (Fsp3) is 0.421. The second kappa shape index (κ2) is 7.70. The van der Waals surface area contributed by atoms with E-state index in [1.807, 2.05) is 6.07 Å². The predicted octanol–water partition coefficient (Wildman–Crippen LogP) is 2.01. The van der Waals surface area contributed by atoms with Gasteiger partial charge in [0.05, 0.1) is 18.5 Å².